The molecular weight excluding hydrogens is 260 g/mol. The predicted molar refractivity (Wildman–Crippen MR) is 76.0 cm³/mol. The molecule has 0 radical (unpaired) electrons. The fraction of sp³-hybridized carbons (Fsp3) is 0.429. The number of carbonyl (C=O) groups excluding carboxylic acids is 2. The molecular formula is C14H20N2O4. The molecule has 0 heterocycles. The Hall–Kier alpha value is -2.24. The molecule has 0 aliphatic rings. The molecule has 0 aliphatic carbocycles. The van der Waals surface area contributed by atoms with E-state index in [0.717, 1.165) is 5.56 Å². The summed E-state index contributed by atoms with van der Waals surface area (Å²) in [6.07, 6.45) is 0.207. The highest BCUT2D eigenvalue weighted by Crippen LogP contribution is 2.25. The number of ether oxygens (including phenoxy) is 2. The van der Waals surface area contributed by atoms with Crippen molar-refractivity contribution >= 4 is 17.7 Å². The minimum Gasteiger partial charge on any atom is -0.495 e. The molecule has 0 bridgehead atoms. The lowest BCUT2D eigenvalue weighted by molar-refractivity contribution is -0.114. The minimum absolute atomic E-state index is 0.162. The van der Waals surface area contributed by atoms with Gasteiger partial charge in [0.2, 0.25) is 5.91 Å². The van der Waals surface area contributed by atoms with Crippen molar-refractivity contribution in [2.45, 2.75) is 20.3 Å². The molecule has 0 saturated carbocycles. The van der Waals surface area contributed by atoms with Gasteiger partial charge in [-0.2, -0.15) is 0 Å². The molecule has 110 valence electrons. The van der Waals surface area contributed by atoms with Crippen molar-refractivity contribution < 1.29 is 19.1 Å². The van der Waals surface area contributed by atoms with E-state index >= 15 is 0 Å². The maximum Gasteiger partial charge on any atom is 0.407 e. The molecule has 0 aromatic heterocycles. The van der Waals surface area contributed by atoms with Crippen LogP contribution in [0.15, 0.2) is 18.2 Å². The highest BCUT2D eigenvalue weighted by Gasteiger charge is 2.06. The SMILES string of the molecule is CCOC(=O)NCCc1ccc(OC)c(NC(C)=O)c1. The van der Waals surface area contributed by atoms with E-state index in [0.29, 0.717) is 31.0 Å². The number of methoxy groups -OCH3 is 1. The molecule has 6 nitrogen and oxygen atoms in total. The van der Waals surface area contributed by atoms with Gasteiger partial charge in [0.1, 0.15) is 5.75 Å². The van der Waals surface area contributed by atoms with E-state index in [-0.39, 0.29) is 5.91 Å². The molecule has 1 rings (SSSR count). The predicted octanol–water partition coefficient (Wildman–Crippen LogP) is 1.94. The Morgan fingerprint density at radius 2 is 2.05 bits per heavy atom. The zero-order valence-corrected chi connectivity index (χ0v) is 12.0. The highest BCUT2D eigenvalue weighted by molar-refractivity contribution is 5.90. The third kappa shape index (κ3) is 5.17. The first kappa shape index (κ1) is 15.8. The van der Waals surface area contributed by atoms with Gasteiger partial charge >= 0.3 is 6.09 Å². The summed E-state index contributed by atoms with van der Waals surface area (Å²) in [5.41, 5.74) is 1.60. The van der Waals surface area contributed by atoms with Crippen LogP contribution in [0.4, 0.5) is 10.5 Å². The van der Waals surface area contributed by atoms with Crippen molar-refractivity contribution in [2.75, 3.05) is 25.6 Å². The molecule has 2 N–H and O–H groups in total. The van der Waals surface area contributed by atoms with Gasteiger partial charge < -0.3 is 20.1 Å². The standard InChI is InChI=1S/C14H20N2O4/c1-4-20-14(18)15-8-7-11-5-6-13(19-3)12(9-11)16-10(2)17/h5-6,9H,4,7-8H2,1-3H3,(H,15,18)(H,16,17). The van der Waals surface area contributed by atoms with Crippen molar-refractivity contribution in [2.24, 2.45) is 0 Å². The molecule has 0 fully saturated rings. The number of amides is 2. The summed E-state index contributed by atoms with van der Waals surface area (Å²) in [5, 5.41) is 5.35. The molecule has 0 spiro atoms. The minimum atomic E-state index is -0.428. The summed E-state index contributed by atoms with van der Waals surface area (Å²) < 4.78 is 9.94. The smallest absolute Gasteiger partial charge is 0.407 e. The van der Waals surface area contributed by atoms with E-state index in [9.17, 15) is 9.59 Å². The molecule has 0 aliphatic heterocycles. The Labute approximate surface area is 118 Å². The first-order valence-electron chi connectivity index (χ1n) is 6.42. The van der Waals surface area contributed by atoms with Crippen LogP contribution in [0.2, 0.25) is 0 Å². The van der Waals surface area contributed by atoms with E-state index < -0.39 is 6.09 Å². The average molecular weight is 280 g/mol. The van der Waals surface area contributed by atoms with Crippen LogP contribution in [0.1, 0.15) is 19.4 Å². The van der Waals surface area contributed by atoms with Gasteiger partial charge in [-0.25, -0.2) is 4.79 Å². The van der Waals surface area contributed by atoms with Crippen LogP contribution in [0.3, 0.4) is 0 Å². The van der Waals surface area contributed by atoms with E-state index in [1.807, 2.05) is 12.1 Å². The van der Waals surface area contributed by atoms with Crippen molar-refractivity contribution in [3.63, 3.8) is 0 Å². The van der Waals surface area contributed by atoms with Gasteiger partial charge in [-0.3, -0.25) is 4.79 Å². The number of rotatable bonds is 6. The van der Waals surface area contributed by atoms with Gasteiger partial charge in [0.15, 0.2) is 0 Å². The van der Waals surface area contributed by atoms with Crippen LogP contribution >= 0.6 is 0 Å². The summed E-state index contributed by atoms with van der Waals surface area (Å²) in [7, 11) is 1.54. The normalized spacial score (nSPS) is 9.75. The van der Waals surface area contributed by atoms with E-state index in [4.69, 9.17) is 9.47 Å². The molecule has 0 unspecified atom stereocenters. The van der Waals surface area contributed by atoms with Gasteiger partial charge in [-0.1, -0.05) is 6.07 Å². The van der Waals surface area contributed by atoms with E-state index in [2.05, 4.69) is 10.6 Å². The van der Waals surface area contributed by atoms with Crippen LogP contribution < -0.4 is 15.4 Å². The Morgan fingerprint density at radius 3 is 2.65 bits per heavy atom. The lowest BCUT2D eigenvalue weighted by atomic mass is 10.1. The number of benzene rings is 1. The summed E-state index contributed by atoms with van der Waals surface area (Å²) in [4.78, 5) is 22.3. The second-order valence-corrected chi connectivity index (χ2v) is 4.11. The monoisotopic (exact) mass is 280 g/mol. The number of hydrogen-bond donors (Lipinski definition) is 2. The molecule has 1 aromatic carbocycles. The maximum absolute atomic E-state index is 11.1. The van der Waals surface area contributed by atoms with Crippen molar-refractivity contribution in [3.8, 4) is 5.75 Å². The van der Waals surface area contributed by atoms with Crippen LogP contribution in [0, 0.1) is 0 Å². The van der Waals surface area contributed by atoms with Gasteiger partial charge in [0.25, 0.3) is 0 Å². The van der Waals surface area contributed by atoms with Crippen molar-refractivity contribution in [1.29, 1.82) is 0 Å². The molecule has 6 heteroatoms. The van der Waals surface area contributed by atoms with Crippen LogP contribution in [-0.4, -0.2) is 32.3 Å². The Bertz CT molecular complexity index is 474. The second-order valence-electron chi connectivity index (χ2n) is 4.11. The Balaban J connectivity index is 2.62. The molecule has 1 aromatic rings. The van der Waals surface area contributed by atoms with Crippen molar-refractivity contribution in [3.05, 3.63) is 23.8 Å². The fourth-order valence-corrected chi connectivity index (χ4v) is 1.69. The molecule has 20 heavy (non-hydrogen) atoms. The summed E-state index contributed by atoms with van der Waals surface area (Å²) >= 11 is 0. The van der Waals surface area contributed by atoms with Gasteiger partial charge in [0.05, 0.1) is 19.4 Å². The fourth-order valence-electron chi connectivity index (χ4n) is 1.69. The van der Waals surface area contributed by atoms with Crippen molar-refractivity contribution in [1.82, 2.24) is 5.32 Å². The average Bonchev–Trinajstić information content (AvgIpc) is 2.38. The summed E-state index contributed by atoms with van der Waals surface area (Å²) in [5.74, 6) is 0.437. The number of alkyl carbamates (subject to hydrolysis) is 1. The number of nitrogens with one attached hydrogen (secondary N) is 2. The lowest BCUT2D eigenvalue weighted by Gasteiger charge is -2.11. The first-order valence-corrected chi connectivity index (χ1v) is 6.42. The molecule has 2 amide bonds. The summed E-state index contributed by atoms with van der Waals surface area (Å²) in [6, 6.07) is 5.50. The zero-order valence-electron chi connectivity index (χ0n) is 12.0. The molecule has 0 atom stereocenters. The van der Waals surface area contributed by atoms with Gasteiger partial charge in [-0.15, -0.1) is 0 Å². The first-order chi connectivity index (χ1) is 9.56. The largest absolute Gasteiger partial charge is 0.495 e. The third-order valence-electron chi connectivity index (χ3n) is 2.53. The van der Waals surface area contributed by atoms with Crippen LogP contribution in [0.5, 0.6) is 5.75 Å². The Kier molecular flexibility index (Phi) is 6.36. The quantitative estimate of drug-likeness (QED) is 0.835. The van der Waals surface area contributed by atoms with Crippen LogP contribution in [-0.2, 0) is 16.0 Å². The third-order valence-corrected chi connectivity index (χ3v) is 2.53. The van der Waals surface area contributed by atoms with E-state index in [1.165, 1.54) is 6.92 Å². The van der Waals surface area contributed by atoms with Gasteiger partial charge in [0, 0.05) is 13.5 Å². The Morgan fingerprint density at radius 1 is 1.30 bits per heavy atom. The van der Waals surface area contributed by atoms with E-state index in [1.54, 1.807) is 20.1 Å². The zero-order chi connectivity index (χ0) is 15.0. The second kappa shape index (κ2) is 8.04. The number of anilines is 1. The molecule has 0 saturated heterocycles. The lowest BCUT2D eigenvalue weighted by Crippen LogP contribution is -2.26. The summed E-state index contributed by atoms with van der Waals surface area (Å²) in [6.45, 7) is 4.00. The topological polar surface area (TPSA) is 76.7 Å². The number of hydrogen-bond acceptors (Lipinski definition) is 4. The number of carbonyl (C=O) groups is 2. The highest BCUT2D eigenvalue weighted by atomic mass is 16.5. The van der Waals surface area contributed by atoms with Crippen LogP contribution in [0.25, 0.3) is 0 Å². The maximum atomic E-state index is 11.1. The van der Waals surface area contributed by atoms with Gasteiger partial charge in [-0.05, 0) is 31.0 Å².